The summed E-state index contributed by atoms with van der Waals surface area (Å²) in [7, 11) is 0. The fraction of sp³-hybridized carbons (Fsp3) is 0.731. The van der Waals surface area contributed by atoms with E-state index in [4.69, 9.17) is 0 Å². The van der Waals surface area contributed by atoms with Crippen LogP contribution in [0.2, 0.25) is 0 Å². The van der Waals surface area contributed by atoms with Gasteiger partial charge in [0.2, 0.25) is 5.91 Å². The van der Waals surface area contributed by atoms with Gasteiger partial charge in [0.05, 0.1) is 6.42 Å². The number of hydrogen-bond acceptors (Lipinski definition) is 2. The Balaban J connectivity index is 2.33. The molecule has 0 aliphatic heterocycles. The molecule has 0 aliphatic carbocycles. The van der Waals surface area contributed by atoms with E-state index in [0.717, 1.165) is 35.2 Å². The first kappa shape index (κ1) is 25.5. The van der Waals surface area contributed by atoms with Crippen LogP contribution in [0.25, 0.3) is 0 Å². The fourth-order valence-corrected chi connectivity index (χ4v) is 3.80. The van der Waals surface area contributed by atoms with E-state index in [0.29, 0.717) is 12.2 Å². The minimum Gasteiger partial charge on any atom is -0.507 e. The third-order valence-corrected chi connectivity index (χ3v) is 5.98. The van der Waals surface area contributed by atoms with Crippen molar-refractivity contribution in [3.63, 3.8) is 0 Å². The van der Waals surface area contributed by atoms with Crippen LogP contribution in [0.1, 0.15) is 114 Å². The van der Waals surface area contributed by atoms with Gasteiger partial charge < -0.3 is 10.4 Å². The van der Waals surface area contributed by atoms with E-state index in [2.05, 4.69) is 33.0 Å². The minimum atomic E-state index is -0.149. The lowest BCUT2D eigenvalue weighted by atomic mass is 9.82. The Bertz CT molecular complexity index is 629. The van der Waals surface area contributed by atoms with Gasteiger partial charge in [-0.05, 0) is 47.9 Å². The van der Waals surface area contributed by atoms with Crippen LogP contribution in [-0.4, -0.2) is 17.6 Å². The van der Waals surface area contributed by atoms with Crippen molar-refractivity contribution < 1.29 is 9.90 Å². The number of unbranched alkanes of at least 4 members (excludes halogenated alkanes) is 9. The molecule has 29 heavy (non-hydrogen) atoms. The second kappa shape index (κ2) is 12.9. The molecule has 1 amide bonds. The number of benzene rings is 1. The number of phenolic OH excluding ortho intramolecular Hbond substituents is 1. The van der Waals surface area contributed by atoms with E-state index in [1.165, 1.54) is 57.8 Å². The highest BCUT2D eigenvalue weighted by Crippen LogP contribution is 2.36. The standard InChI is InChI=1S/C26H45NO2/c1-7-8-9-10-11-12-13-14-15-16-17-27-24(28)19-22-18-23(26(4,5)6)25(29)21(3)20(22)2/h18,29H,7-17,19H2,1-6H3,(H,27,28). The summed E-state index contributed by atoms with van der Waals surface area (Å²) in [6.45, 7) is 13.2. The first-order chi connectivity index (χ1) is 13.7. The molecule has 0 bridgehead atoms. The van der Waals surface area contributed by atoms with Crippen molar-refractivity contribution in [3.05, 3.63) is 28.3 Å². The molecule has 3 heteroatoms. The van der Waals surface area contributed by atoms with E-state index in [9.17, 15) is 9.90 Å². The summed E-state index contributed by atoms with van der Waals surface area (Å²) in [4.78, 5) is 12.4. The van der Waals surface area contributed by atoms with E-state index >= 15 is 0 Å². The van der Waals surface area contributed by atoms with Gasteiger partial charge in [0.15, 0.2) is 0 Å². The Kier molecular flexibility index (Phi) is 11.4. The molecule has 0 atom stereocenters. The molecule has 2 N–H and O–H groups in total. The number of hydrogen-bond donors (Lipinski definition) is 2. The first-order valence-corrected chi connectivity index (χ1v) is 11.8. The maximum atomic E-state index is 12.4. The molecule has 1 aromatic carbocycles. The van der Waals surface area contributed by atoms with Crippen LogP contribution in [0.5, 0.6) is 5.75 Å². The fourth-order valence-electron chi connectivity index (χ4n) is 3.80. The molecule has 0 aliphatic rings. The predicted octanol–water partition coefficient (Wildman–Crippen LogP) is 6.89. The molecule has 1 rings (SSSR count). The van der Waals surface area contributed by atoms with Gasteiger partial charge in [-0.1, -0.05) is 91.5 Å². The monoisotopic (exact) mass is 403 g/mol. The van der Waals surface area contributed by atoms with Crippen molar-refractivity contribution in [2.75, 3.05) is 6.54 Å². The van der Waals surface area contributed by atoms with Crippen LogP contribution in [0.3, 0.4) is 0 Å². The molecule has 1 aromatic rings. The molecule has 0 unspecified atom stereocenters. The van der Waals surface area contributed by atoms with Gasteiger partial charge in [-0.2, -0.15) is 0 Å². The number of aromatic hydroxyl groups is 1. The number of amides is 1. The molecule has 0 saturated heterocycles. The summed E-state index contributed by atoms with van der Waals surface area (Å²) in [6.07, 6.45) is 13.4. The van der Waals surface area contributed by atoms with E-state index < -0.39 is 0 Å². The quantitative estimate of drug-likeness (QED) is 0.352. The average molecular weight is 404 g/mol. The van der Waals surface area contributed by atoms with Gasteiger partial charge in [0.25, 0.3) is 0 Å². The number of nitrogens with one attached hydrogen (secondary N) is 1. The number of carbonyl (C=O) groups excluding carboxylic acids is 1. The van der Waals surface area contributed by atoms with Crippen molar-refractivity contribution in [2.24, 2.45) is 0 Å². The van der Waals surface area contributed by atoms with E-state index in [1.807, 2.05) is 19.9 Å². The molecule has 166 valence electrons. The zero-order valence-corrected chi connectivity index (χ0v) is 19.9. The molecule has 0 spiro atoms. The first-order valence-electron chi connectivity index (χ1n) is 11.8. The molecule has 0 saturated carbocycles. The van der Waals surface area contributed by atoms with Crippen LogP contribution in [0.4, 0.5) is 0 Å². The van der Waals surface area contributed by atoms with Crippen molar-refractivity contribution in [1.29, 1.82) is 0 Å². The molecular weight excluding hydrogens is 358 g/mol. The van der Waals surface area contributed by atoms with E-state index in [1.54, 1.807) is 0 Å². The van der Waals surface area contributed by atoms with Crippen molar-refractivity contribution in [3.8, 4) is 5.75 Å². The Morgan fingerprint density at radius 2 is 1.41 bits per heavy atom. The van der Waals surface area contributed by atoms with Gasteiger partial charge in [-0.25, -0.2) is 0 Å². The van der Waals surface area contributed by atoms with Crippen LogP contribution in [0.15, 0.2) is 6.07 Å². The second-order valence-corrected chi connectivity index (χ2v) is 9.64. The normalized spacial score (nSPS) is 11.7. The lowest BCUT2D eigenvalue weighted by molar-refractivity contribution is -0.120. The lowest BCUT2D eigenvalue weighted by Gasteiger charge is -2.24. The highest BCUT2D eigenvalue weighted by molar-refractivity contribution is 5.79. The third kappa shape index (κ3) is 9.23. The summed E-state index contributed by atoms with van der Waals surface area (Å²) in [6, 6.07) is 2.01. The highest BCUT2D eigenvalue weighted by Gasteiger charge is 2.22. The number of phenols is 1. The Morgan fingerprint density at radius 3 is 1.93 bits per heavy atom. The zero-order valence-electron chi connectivity index (χ0n) is 19.9. The van der Waals surface area contributed by atoms with Crippen LogP contribution in [-0.2, 0) is 16.6 Å². The Labute approximate surface area is 179 Å². The highest BCUT2D eigenvalue weighted by atomic mass is 16.3. The predicted molar refractivity (Wildman–Crippen MR) is 125 cm³/mol. The summed E-state index contributed by atoms with van der Waals surface area (Å²) >= 11 is 0. The zero-order chi connectivity index (χ0) is 21.9. The van der Waals surface area contributed by atoms with Gasteiger partial charge in [0, 0.05) is 6.54 Å². The van der Waals surface area contributed by atoms with Crippen molar-refractivity contribution >= 4 is 5.91 Å². The maximum Gasteiger partial charge on any atom is 0.224 e. The van der Waals surface area contributed by atoms with Crippen LogP contribution >= 0.6 is 0 Å². The van der Waals surface area contributed by atoms with Gasteiger partial charge in [-0.3, -0.25) is 4.79 Å². The summed E-state index contributed by atoms with van der Waals surface area (Å²) in [5.74, 6) is 0.443. The van der Waals surface area contributed by atoms with Crippen molar-refractivity contribution in [1.82, 2.24) is 5.32 Å². The van der Waals surface area contributed by atoms with Crippen molar-refractivity contribution in [2.45, 2.75) is 118 Å². The summed E-state index contributed by atoms with van der Waals surface area (Å²) in [5, 5.41) is 13.6. The molecule has 0 fully saturated rings. The summed E-state index contributed by atoms with van der Waals surface area (Å²) in [5.41, 5.74) is 3.69. The second-order valence-electron chi connectivity index (χ2n) is 9.64. The van der Waals surface area contributed by atoms with Gasteiger partial charge >= 0.3 is 0 Å². The molecule has 0 aromatic heterocycles. The van der Waals surface area contributed by atoms with Gasteiger partial charge in [-0.15, -0.1) is 0 Å². The maximum absolute atomic E-state index is 12.4. The average Bonchev–Trinajstić information content (AvgIpc) is 2.65. The lowest BCUT2D eigenvalue weighted by Crippen LogP contribution is -2.26. The van der Waals surface area contributed by atoms with Gasteiger partial charge in [0.1, 0.15) is 5.75 Å². The third-order valence-electron chi connectivity index (χ3n) is 5.98. The Morgan fingerprint density at radius 1 is 0.897 bits per heavy atom. The topological polar surface area (TPSA) is 49.3 Å². The van der Waals surface area contributed by atoms with Crippen LogP contribution in [0, 0.1) is 13.8 Å². The molecular formula is C26H45NO2. The SMILES string of the molecule is CCCCCCCCCCCCNC(=O)Cc1cc(C(C)(C)C)c(O)c(C)c1C. The Hall–Kier alpha value is -1.51. The smallest absolute Gasteiger partial charge is 0.224 e. The molecule has 0 radical (unpaired) electrons. The van der Waals surface area contributed by atoms with Crippen LogP contribution < -0.4 is 5.32 Å². The summed E-state index contributed by atoms with van der Waals surface area (Å²) < 4.78 is 0. The molecule has 3 nitrogen and oxygen atoms in total. The minimum absolute atomic E-state index is 0.0778. The number of carbonyl (C=O) groups is 1. The largest absolute Gasteiger partial charge is 0.507 e. The van der Waals surface area contributed by atoms with E-state index in [-0.39, 0.29) is 11.3 Å². The number of rotatable bonds is 13. The molecule has 0 heterocycles.